The third-order valence-corrected chi connectivity index (χ3v) is 4.77. The molecule has 0 radical (unpaired) electrons. The van der Waals surface area contributed by atoms with Crippen LogP contribution >= 0.6 is 0 Å². The van der Waals surface area contributed by atoms with E-state index in [0.29, 0.717) is 11.8 Å². The van der Waals surface area contributed by atoms with Gasteiger partial charge in [-0.2, -0.15) is 0 Å². The van der Waals surface area contributed by atoms with Crippen LogP contribution in [0.1, 0.15) is 18.4 Å². The first-order valence-corrected chi connectivity index (χ1v) is 8.67. The van der Waals surface area contributed by atoms with Gasteiger partial charge in [-0.05, 0) is 36.6 Å². The Balaban J connectivity index is 1.32. The maximum absolute atomic E-state index is 12.1. The minimum Gasteiger partial charge on any atom is -0.340 e. The Morgan fingerprint density at radius 2 is 1.79 bits per heavy atom. The van der Waals surface area contributed by atoms with E-state index >= 15 is 0 Å². The normalized spacial score (nSPS) is 18.6. The molecule has 0 aromatic carbocycles. The van der Waals surface area contributed by atoms with Crippen molar-refractivity contribution in [2.45, 2.75) is 19.4 Å². The van der Waals surface area contributed by atoms with Crippen LogP contribution in [0.25, 0.3) is 11.4 Å². The highest BCUT2D eigenvalue weighted by molar-refractivity contribution is 5.81. The van der Waals surface area contributed by atoms with E-state index < -0.39 is 0 Å². The van der Waals surface area contributed by atoms with E-state index in [9.17, 15) is 4.79 Å². The number of hydrogen-bond acceptors (Lipinski definition) is 4. The largest absolute Gasteiger partial charge is 0.340 e. The molecule has 1 amide bonds. The van der Waals surface area contributed by atoms with Crippen LogP contribution in [0.3, 0.4) is 0 Å². The highest BCUT2D eigenvalue weighted by Gasteiger charge is 2.34. The van der Waals surface area contributed by atoms with Gasteiger partial charge in [0.1, 0.15) is 0 Å². The van der Waals surface area contributed by atoms with Crippen molar-refractivity contribution in [2.75, 3.05) is 26.2 Å². The van der Waals surface area contributed by atoms with Crippen LogP contribution in [0.4, 0.5) is 0 Å². The van der Waals surface area contributed by atoms with Crippen molar-refractivity contribution in [3.05, 3.63) is 48.3 Å². The number of piperazine rings is 1. The molecule has 1 aliphatic carbocycles. The van der Waals surface area contributed by atoms with Gasteiger partial charge < -0.3 is 4.90 Å². The second-order valence-corrected chi connectivity index (χ2v) is 6.64. The Morgan fingerprint density at radius 1 is 1.00 bits per heavy atom. The third-order valence-electron chi connectivity index (χ3n) is 4.77. The fourth-order valence-corrected chi connectivity index (χ4v) is 3.16. The first kappa shape index (κ1) is 15.3. The standard InChI is InChI=1S/C19H22N4O/c24-19(16-5-6-16)23-11-9-22(10-12-23)14-15-4-7-18(21-13-15)17-3-1-2-8-20-17/h1-4,7-8,13,16H,5-6,9-12,14H2. The molecule has 3 heterocycles. The van der Waals surface area contributed by atoms with Crippen molar-refractivity contribution in [3.8, 4) is 11.4 Å². The summed E-state index contributed by atoms with van der Waals surface area (Å²) in [7, 11) is 0. The van der Waals surface area contributed by atoms with E-state index in [0.717, 1.165) is 57.0 Å². The molecule has 2 aromatic heterocycles. The van der Waals surface area contributed by atoms with Crippen LogP contribution in [0, 0.1) is 5.92 Å². The molecule has 5 heteroatoms. The molecule has 0 bridgehead atoms. The monoisotopic (exact) mass is 322 g/mol. The quantitative estimate of drug-likeness (QED) is 0.866. The van der Waals surface area contributed by atoms with E-state index in [1.54, 1.807) is 6.20 Å². The highest BCUT2D eigenvalue weighted by atomic mass is 16.2. The molecular weight excluding hydrogens is 300 g/mol. The lowest BCUT2D eigenvalue weighted by Crippen LogP contribution is -2.48. The molecule has 0 N–H and O–H groups in total. The Morgan fingerprint density at radius 3 is 2.42 bits per heavy atom. The number of carbonyl (C=O) groups is 1. The highest BCUT2D eigenvalue weighted by Crippen LogP contribution is 2.31. The Bertz CT molecular complexity index is 689. The number of aromatic nitrogens is 2. The van der Waals surface area contributed by atoms with E-state index in [1.807, 2.05) is 35.4 Å². The summed E-state index contributed by atoms with van der Waals surface area (Å²) in [5.41, 5.74) is 3.01. The van der Waals surface area contributed by atoms with Crippen molar-refractivity contribution in [3.63, 3.8) is 0 Å². The van der Waals surface area contributed by atoms with E-state index in [2.05, 4.69) is 20.9 Å². The summed E-state index contributed by atoms with van der Waals surface area (Å²) in [4.78, 5) is 25.4. The molecule has 1 saturated carbocycles. The van der Waals surface area contributed by atoms with Gasteiger partial charge in [-0.1, -0.05) is 12.1 Å². The maximum Gasteiger partial charge on any atom is 0.225 e. The summed E-state index contributed by atoms with van der Waals surface area (Å²) in [5.74, 6) is 0.705. The summed E-state index contributed by atoms with van der Waals surface area (Å²) in [6.45, 7) is 4.49. The van der Waals surface area contributed by atoms with Crippen molar-refractivity contribution in [1.82, 2.24) is 19.8 Å². The molecule has 1 aliphatic heterocycles. The van der Waals surface area contributed by atoms with Gasteiger partial charge in [0, 0.05) is 51.0 Å². The zero-order chi connectivity index (χ0) is 16.4. The van der Waals surface area contributed by atoms with Gasteiger partial charge in [-0.3, -0.25) is 19.7 Å². The number of carbonyl (C=O) groups excluding carboxylic acids is 1. The number of rotatable bonds is 4. The summed E-state index contributed by atoms with van der Waals surface area (Å²) in [6, 6.07) is 10.0. The van der Waals surface area contributed by atoms with E-state index in [-0.39, 0.29) is 0 Å². The molecule has 0 spiro atoms. The minimum atomic E-state index is 0.333. The van der Waals surface area contributed by atoms with Crippen molar-refractivity contribution >= 4 is 5.91 Å². The van der Waals surface area contributed by atoms with Crippen LogP contribution in [-0.2, 0) is 11.3 Å². The fourth-order valence-electron chi connectivity index (χ4n) is 3.16. The predicted molar refractivity (Wildman–Crippen MR) is 92.0 cm³/mol. The zero-order valence-electron chi connectivity index (χ0n) is 13.8. The van der Waals surface area contributed by atoms with Gasteiger partial charge in [-0.25, -0.2) is 0 Å². The first-order chi connectivity index (χ1) is 11.8. The Hall–Kier alpha value is -2.27. The van der Waals surface area contributed by atoms with Gasteiger partial charge >= 0.3 is 0 Å². The molecule has 2 aromatic rings. The zero-order valence-corrected chi connectivity index (χ0v) is 13.8. The number of pyridine rings is 2. The minimum absolute atomic E-state index is 0.333. The molecule has 4 rings (SSSR count). The van der Waals surface area contributed by atoms with E-state index in [4.69, 9.17) is 0 Å². The van der Waals surface area contributed by atoms with Crippen molar-refractivity contribution < 1.29 is 4.79 Å². The maximum atomic E-state index is 12.1. The lowest BCUT2D eigenvalue weighted by molar-refractivity contribution is -0.134. The molecule has 24 heavy (non-hydrogen) atoms. The second-order valence-electron chi connectivity index (χ2n) is 6.64. The second kappa shape index (κ2) is 6.69. The van der Waals surface area contributed by atoms with Crippen LogP contribution < -0.4 is 0 Å². The molecule has 2 aliphatic rings. The summed E-state index contributed by atoms with van der Waals surface area (Å²) in [6.07, 6.45) is 5.90. The molecule has 1 saturated heterocycles. The molecule has 2 fully saturated rings. The van der Waals surface area contributed by atoms with Crippen LogP contribution in [0.15, 0.2) is 42.7 Å². The molecule has 0 atom stereocenters. The summed E-state index contributed by atoms with van der Waals surface area (Å²) >= 11 is 0. The van der Waals surface area contributed by atoms with Crippen molar-refractivity contribution in [2.24, 2.45) is 5.92 Å². The van der Waals surface area contributed by atoms with Crippen molar-refractivity contribution in [1.29, 1.82) is 0 Å². The van der Waals surface area contributed by atoms with Gasteiger partial charge in [0.15, 0.2) is 0 Å². The summed E-state index contributed by atoms with van der Waals surface area (Å²) < 4.78 is 0. The number of hydrogen-bond donors (Lipinski definition) is 0. The average molecular weight is 322 g/mol. The number of nitrogens with zero attached hydrogens (tertiary/aromatic N) is 4. The smallest absolute Gasteiger partial charge is 0.225 e. The Kier molecular flexibility index (Phi) is 4.26. The van der Waals surface area contributed by atoms with Crippen LogP contribution in [0.2, 0.25) is 0 Å². The molecule has 124 valence electrons. The SMILES string of the molecule is O=C(C1CC1)N1CCN(Cc2ccc(-c3ccccn3)nc2)CC1. The molecular formula is C19H22N4O. The lowest BCUT2D eigenvalue weighted by atomic mass is 10.2. The molecule has 0 unspecified atom stereocenters. The lowest BCUT2D eigenvalue weighted by Gasteiger charge is -2.34. The van der Waals surface area contributed by atoms with Crippen LogP contribution in [-0.4, -0.2) is 51.9 Å². The topological polar surface area (TPSA) is 49.3 Å². The van der Waals surface area contributed by atoms with Crippen LogP contribution in [0.5, 0.6) is 0 Å². The average Bonchev–Trinajstić information content (AvgIpc) is 3.48. The Labute approximate surface area is 142 Å². The summed E-state index contributed by atoms with van der Waals surface area (Å²) in [5, 5.41) is 0. The first-order valence-electron chi connectivity index (χ1n) is 8.67. The van der Waals surface area contributed by atoms with Gasteiger partial charge in [0.25, 0.3) is 0 Å². The fraction of sp³-hybridized carbons (Fsp3) is 0.421. The third kappa shape index (κ3) is 3.46. The number of amides is 1. The predicted octanol–water partition coefficient (Wildman–Crippen LogP) is 2.20. The van der Waals surface area contributed by atoms with Gasteiger partial charge in [0.2, 0.25) is 5.91 Å². The van der Waals surface area contributed by atoms with Gasteiger partial charge in [-0.15, -0.1) is 0 Å². The van der Waals surface area contributed by atoms with E-state index in [1.165, 1.54) is 5.56 Å². The van der Waals surface area contributed by atoms with Gasteiger partial charge in [0.05, 0.1) is 11.4 Å². The molecule has 5 nitrogen and oxygen atoms in total.